The second-order valence-corrected chi connectivity index (χ2v) is 7.64. The van der Waals surface area contributed by atoms with Crippen LogP contribution in [0.5, 0.6) is 5.75 Å². The summed E-state index contributed by atoms with van der Waals surface area (Å²) in [5.74, 6) is 1.02. The Hall–Kier alpha value is -4.01. The molecular formula is C23H24N6O3. The number of methoxy groups -OCH3 is 1. The van der Waals surface area contributed by atoms with Crippen LogP contribution in [-0.4, -0.2) is 26.2 Å². The van der Waals surface area contributed by atoms with Gasteiger partial charge in [0.25, 0.3) is 11.5 Å². The minimum atomic E-state index is -0.530. The van der Waals surface area contributed by atoms with Crippen molar-refractivity contribution in [3.63, 3.8) is 0 Å². The van der Waals surface area contributed by atoms with E-state index in [4.69, 9.17) is 4.74 Å². The van der Waals surface area contributed by atoms with E-state index in [2.05, 4.69) is 20.2 Å². The molecule has 4 rings (SSSR count). The Bertz CT molecular complexity index is 1400. The highest BCUT2D eigenvalue weighted by atomic mass is 16.5. The molecule has 2 aromatic heterocycles. The van der Waals surface area contributed by atoms with E-state index in [1.165, 1.54) is 4.57 Å². The number of aromatic amines is 1. The molecule has 1 N–H and O–H groups in total. The predicted molar refractivity (Wildman–Crippen MR) is 122 cm³/mol. The van der Waals surface area contributed by atoms with E-state index in [-0.39, 0.29) is 23.2 Å². The quantitative estimate of drug-likeness (QED) is 0.470. The molecule has 9 nitrogen and oxygen atoms in total. The molecule has 2 aromatic carbocycles. The fourth-order valence-corrected chi connectivity index (χ4v) is 3.41. The summed E-state index contributed by atoms with van der Waals surface area (Å²) in [6, 6.07) is 15.3. The Labute approximate surface area is 184 Å². The number of benzene rings is 2. The van der Waals surface area contributed by atoms with Gasteiger partial charge in [-0.2, -0.15) is 10.1 Å². The standard InChI is InChI=1S/C23H24N6O3/c1-14-5-7-16(8-6-14)13-29-19-20(28(3)23(31)25-21(19)30)24-22(29)27-26-15(2)17-9-11-18(32-4)12-10-17/h5-12,15H,13H2,1-4H3,(H,25,30,31). The van der Waals surface area contributed by atoms with E-state index in [0.29, 0.717) is 6.54 Å². The van der Waals surface area contributed by atoms with Gasteiger partial charge in [-0.15, -0.1) is 5.11 Å². The van der Waals surface area contributed by atoms with Gasteiger partial charge in [0.2, 0.25) is 0 Å². The van der Waals surface area contributed by atoms with E-state index >= 15 is 0 Å². The van der Waals surface area contributed by atoms with Crippen molar-refractivity contribution in [1.29, 1.82) is 0 Å². The van der Waals surface area contributed by atoms with Gasteiger partial charge >= 0.3 is 5.69 Å². The third kappa shape index (κ3) is 4.09. The van der Waals surface area contributed by atoms with Crippen molar-refractivity contribution in [1.82, 2.24) is 19.1 Å². The maximum absolute atomic E-state index is 12.6. The van der Waals surface area contributed by atoms with E-state index in [1.807, 2.05) is 62.4 Å². The van der Waals surface area contributed by atoms with Crippen LogP contribution >= 0.6 is 0 Å². The van der Waals surface area contributed by atoms with Crippen molar-refractivity contribution in [3.05, 3.63) is 86.1 Å². The van der Waals surface area contributed by atoms with Crippen LogP contribution in [0.25, 0.3) is 11.2 Å². The first-order chi connectivity index (χ1) is 15.4. The normalized spacial score (nSPS) is 12.5. The fourth-order valence-electron chi connectivity index (χ4n) is 3.41. The third-order valence-electron chi connectivity index (χ3n) is 5.37. The van der Waals surface area contributed by atoms with Crippen molar-refractivity contribution in [2.45, 2.75) is 26.4 Å². The number of hydrogen-bond donors (Lipinski definition) is 1. The Kier molecular flexibility index (Phi) is 5.72. The van der Waals surface area contributed by atoms with E-state index < -0.39 is 11.2 Å². The van der Waals surface area contributed by atoms with Crippen molar-refractivity contribution in [3.8, 4) is 5.75 Å². The van der Waals surface area contributed by atoms with Crippen molar-refractivity contribution in [2.24, 2.45) is 17.3 Å². The molecule has 0 spiro atoms. The highest BCUT2D eigenvalue weighted by Crippen LogP contribution is 2.25. The average Bonchev–Trinajstić information content (AvgIpc) is 3.16. The lowest BCUT2D eigenvalue weighted by atomic mass is 10.1. The van der Waals surface area contributed by atoms with Crippen LogP contribution in [-0.2, 0) is 13.6 Å². The van der Waals surface area contributed by atoms with Gasteiger partial charge in [-0.3, -0.25) is 18.9 Å². The lowest BCUT2D eigenvalue weighted by molar-refractivity contribution is 0.414. The number of aryl methyl sites for hydroxylation is 2. The van der Waals surface area contributed by atoms with Crippen LogP contribution in [0, 0.1) is 6.92 Å². The van der Waals surface area contributed by atoms with E-state index in [1.54, 1.807) is 18.7 Å². The van der Waals surface area contributed by atoms with Crippen LogP contribution in [0.15, 0.2) is 68.3 Å². The highest BCUT2D eigenvalue weighted by Gasteiger charge is 2.18. The first kappa shape index (κ1) is 21.2. The van der Waals surface area contributed by atoms with Gasteiger partial charge in [-0.25, -0.2) is 4.79 Å². The Morgan fingerprint density at radius 1 is 1.09 bits per heavy atom. The molecule has 2 heterocycles. The van der Waals surface area contributed by atoms with E-state index in [9.17, 15) is 9.59 Å². The number of azo groups is 1. The molecule has 0 aliphatic carbocycles. The highest BCUT2D eigenvalue weighted by molar-refractivity contribution is 5.73. The molecule has 0 radical (unpaired) electrons. The molecule has 4 aromatic rings. The van der Waals surface area contributed by atoms with Crippen molar-refractivity contribution >= 4 is 17.1 Å². The summed E-state index contributed by atoms with van der Waals surface area (Å²) >= 11 is 0. The molecule has 164 valence electrons. The monoisotopic (exact) mass is 432 g/mol. The predicted octanol–water partition coefficient (Wildman–Crippen LogP) is 3.63. The van der Waals surface area contributed by atoms with Crippen LogP contribution in [0.3, 0.4) is 0 Å². The lowest BCUT2D eigenvalue weighted by Crippen LogP contribution is -2.29. The summed E-state index contributed by atoms with van der Waals surface area (Å²) < 4.78 is 8.18. The molecular weight excluding hydrogens is 408 g/mol. The van der Waals surface area contributed by atoms with Gasteiger partial charge < -0.3 is 4.74 Å². The molecule has 0 saturated carbocycles. The number of nitrogens with one attached hydrogen (secondary N) is 1. The Morgan fingerprint density at radius 2 is 1.78 bits per heavy atom. The zero-order valence-corrected chi connectivity index (χ0v) is 18.4. The maximum Gasteiger partial charge on any atom is 0.329 e. The molecule has 0 aliphatic rings. The fraction of sp³-hybridized carbons (Fsp3) is 0.261. The number of nitrogens with zero attached hydrogens (tertiary/aromatic N) is 5. The molecule has 0 fully saturated rings. The number of hydrogen-bond acceptors (Lipinski definition) is 6. The smallest absolute Gasteiger partial charge is 0.329 e. The summed E-state index contributed by atoms with van der Waals surface area (Å²) in [7, 11) is 3.18. The first-order valence-electron chi connectivity index (χ1n) is 10.2. The maximum atomic E-state index is 12.6. The number of ether oxygens (including phenoxy) is 1. The third-order valence-corrected chi connectivity index (χ3v) is 5.37. The second-order valence-electron chi connectivity index (χ2n) is 7.64. The van der Waals surface area contributed by atoms with Gasteiger partial charge in [0.1, 0.15) is 5.75 Å². The zero-order chi connectivity index (χ0) is 22.8. The second kappa shape index (κ2) is 8.62. The van der Waals surface area contributed by atoms with Crippen LogP contribution in [0.4, 0.5) is 5.95 Å². The number of H-pyrrole nitrogens is 1. The van der Waals surface area contributed by atoms with Gasteiger partial charge in [-0.05, 0) is 37.1 Å². The van der Waals surface area contributed by atoms with Crippen LogP contribution in [0.1, 0.15) is 29.7 Å². The molecule has 32 heavy (non-hydrogen) atoms. The summed E-state index contributed by atoms with van der Waals surface area (Å²) in [6.45, 7) is 4.29. The Balaban J connectivity index is 1.78. The number of rotatable bonds is 6. The molecule has 9 heteroatoms. The summed E-state index contributed by atoms with van der Waals surface area (Å²) in [4.78, 5) is 31.5. The zero-order valence-electron chi connectivity index (χ0n) is 18.4. The van der Waals surface area contributed by atoms with Gasteiger partial charge in [0.05, 0.1) is 19.7 Å². The van der Waals surface area contributed by atoms with E-state index in [0.717, 1.165) is 22.4 Å². The topological polar surface area (TPSA) is 107 Å². The number of aromatic nitrogens is 4. The summed E-state index contributed by atoms with van der Waals surface area (Å²) in [5, 5.41) is 8.78. The lowest BCUT2D eigenvalue weighted by Gasteiger charge is -2.08. The molecule has 1 atom stereocenters. The minimum Gasteiger partial charge on any atom is -0.497 e. The first-order valence-corrected chi connectivity index (χ1v) is 10.2. The average molecular weight is 432 g/mol. The van der Waals surface area contributed by atoms with Crippen LogP contribution in [0.2, 0.25) is 0 Å². The number of imidazole rings is 1. The van der Waals surface area contributed by atoms with Gasteiger partial charge in [0.15, 0.2) is 11.2 Å². The van der Waals surface area contributed by atoms with Crippen molar-refractivity contribution in [2.75, 3.05) is 7.11 Å². The molecule has 0 amide bonds. The molecule has 1 unspecified atom stereocenters. The molecule has 0 aliphatic heterocycles. The largest absolute Gasteiger partial charge is 0.497 e. The van der Waals surface area contributed by atoms with Gasteiger partial charge in [0, 0.05) is 7.05 Å². The Morgan fingerprint density at radius 3 is 2.44 bits per heavy atom. The minimum absolute atomic E-state index is 0.240. The molecule has 0 bridgehead atoms. The SMILES string of the molecule is COc1ccc(C(C)N=Nc2nc3c(c(=O)[nH]c(=O)n3C)n2Cc2ccc(C)cc2)cc1. The summed E-state index contributed by atoms with van der Waals surface area (Å²) in [6.07, 6.45) is 0. The summed E-state index contributed by atoms with van der Waals surface area (Å²) in [5.41, 5.74) is 2.57. The van der Waals surface area contributed by atoms with Gasteiger partial charge in [-0.1, -0.05) is 42.0 Å². The van der Waals surface area contributed by atoms with Crippen molar-refractivity contribution < 1.29 is 4.74 Å². The number of fused-ring (bicyclic) bond motifs is 1. The van der Waals surface area contributed by atoms with Crippen LogP contribution < -0.4 is 16.0 Å². The molecule has 0 saturated heterocycles.